The van der Waals surface area contributed by atoms with Crippen LogP contribution >= 0.6 is 22.9 Å². The quantitative estimate of drug-likeness (QED) is 0.899. The molecular weight excluding hydrogens is 280 g/mol. The van der Waals surface area contributed by atoms with Gasteiger partial charge < -0.3 is 10.6 Å². The largest absolute Gasteiger partial charge is 0.347 e. The van der Waals surface area contributed by atoms with Crippen LogP contribution in [0.25, 0.3) is 0 Å². The molecule has 19 heavy (non-hydrogen) atoms. The second kappa shape index (κ2) is 5.81. The topological polar surface area (TPSA) is 41.1 Å². The second-order valence-corrected chi connectivity index (χ2v) is 7.60. The lowest BCUT2D eigenvalue weighted by Crippen LogP contribution is -2.55. The van der Waals surface area contributed by atoms with Crippen molar-refractivity contribution in [2.45, 2.75) is 45.7 Å². The molecule has 0 aliphatic carbocycles. The van der Waals surface area contributed by atoms with Crippen LogP contribution in [0.1, 0.15) is 44.5 Å². The van der Waals surface area contributed by atoms with E-state index < -0.39 is 0 Å². The van der Waals surface area contributed by atoms with E-state index in [4.69, 9.17) is 11.6 Å². The molecular formula is C14H21ClN2OS. The molecule has 0 bridgehead atoms. The van der Waals surface area contributed by atoms with Crippen LogP contribution in [-0.4, -0.2) is 18.5 Å². The molecule has 1 fully saturated rings. The van der Waals surface area contributed by atoms with Gasteiger partial charge in [0.1, 0.15) is 0 Å². The maximum absolute atomic E-state index is 12.4. The summed E-state index contributed by atoms with van der Waals surface area (Å²) in [6.45, 7) is 7.21. The smallest absolute Gasteiger partial charge is 0.238 e. The van der Waals surface area contributed by atoms with Crippen LogP contribution in [0, 0.1) is 5.41 Å². The fraction of sp³-hybridized carbons (Fsp3) is 0.643. The minimum absolute atomic E-state index is 0.00419. The van der Waals surface area contributed by atoms with Crippen molar-refractivity contribution in [3.05, 3.63) is 21.3 Å². The standard InChI is InChI=1S/C14H21ClN2OS/c1-9(10-5-6-11(15)19-10)17-13(18)12-14(2,3)7-4-8-16-12/h5-6,9,12,16H,4,7-8H2,1-3H3,(H,17,18). The second-order valence-electron chi connectivity index (χ2n) is 5.85. The Bertz CT molecular complexity index is 458. The van der Waals surface area contributed by atoms with Gasteiger partial charge in [-0.2, -0.15) is 0 Å². The molecule has 1 aromatic rings. The summed E-state index contributed by atoms with van der Waals surface area (Å²) < 4.78 is 0.757. The van der Waals surface area contributed by atoms with Crippen LogP contribution in [0.3, 0.4) is 0 Å². The number of thiophene rings is 1. The number of hydrogen-bond acceptors (Lipinski definition) is 3. The van der Waals surface area contributed by atoms with Gasteiger partial charge in [-0.25, -0.2) is 0 Å². The minimum atomic E-state index is -0.112. The first-order valence-electron chi connectivity index (χ1n) is 6.69. The van der Waals surface area contributed by atoms with Crippen LogP contribution < -0.4 is 10.6 Å². The maximum atomic E-state index is 12.4. The molecule has 2 N–H and O–H groups in total. The van der Waals surface area contributed by atoms with E-state index in [1.807, 2.05) is 19.1 Å². The van der Waals surface area contributed by atoms with Gasteiger partial charge in [-0.1, -0.05) is 25.4 Å². The number of carbonyl (C=O) groups is 1. The molecule has 2 heterocycles. The van der Waals surface area contributed by atoms with Crippen molar-refractivity contribution in [1.82, 2.24) is 10.6 Å². The van der Waals surface area contributed by atoms with Crippen molar-refractivity contribution < 1.29 is 4.79 Å². The van der Waals surface area contributed by atoms with Crippen molar-refractivity contribution in [2.75, 3.05) is 6.54 Å². The van der Waals surface area contributed by atoms with E-state index in [0.717, 1.165) is 28.6 Å². The molecule has 0 aromatic carbocycles. The lowest BCUT2D eigenvalue weighted by Gasteiger charge is -2.38. The minimum Gasteiger partial charge on any atom is -0.347 e. The summed E-state index contributed by atoms with van der Waals surface area (Å²) in [5.41, 5.74) is 0.00908. The summed E-state index contributed by atoms with van der Waals surface area (Å²) in [7, 11) is 0. The Morgan fingerprint density at radius 2 is 2.32 bits per heavy atom. The number of rotatable bonds is 3. The first kappa shape index (κ1) is 14.8. The summed E-state index contributed by atoms with van der Waals surface area (Å²) >= 11 is 7.44. The lowest BCUT2D eigenvalue weighted by molar-refractivity contribution is -0.127. The van der Waals surface area contributed by atoms with Gasteiger partial charge >= 0.3 is 0 Å². The van der Waals surface area contributed by atoms with E-state index in [1.165, 1.54) is 11.3 Å². The summed E-state index contributed by atoms with van der Waals surface area (Å²) in [5, 5.41) is 6.42. The van der Waals surface area contributed by atoms with Gasteiger partial charge in [-0.3, -0.25) is 4.79 Å². The Morgan fingerprint density at radius 1 is 1.58 bits per heavy atom. The Morgan fingerprint density at radius 3 is 2.89 bits per heavy atom. The molecule has 0 saturated carbocycles. The monoisotopic (exact) mass is 300 g/mol. The average Bonchev–Trinajstić information content (AvgIpc) is 2.75. The number of piperidine rings is 1. The zero-order chi connectivity index (χ0) is 14.0. The first-order chi connectivity index (χ1) is 8.90. The summed E-state index contributed by atoms with van der Waals surface area (Å²) in [6.07, 6.45) is 2.21. The molecule has 1 saturated heterocycles. The van der Waals surface area contributed by atoms with Gasteiger partial charge in [-0.05, 0) is 43.9 Å². The normalized spacial score (nSPS) is 23.9. The van der Waals surface area contributed by atoms with Crippen LogP contribution in [0.2, 0.25) is 4.34 Å². The Hall–Kier alpha value is -0.580. The van der Waals surface area contributed by atoms with Gasteiger partial charge in [0.05, 0.1) is 16.4 Å². The predicted molar refractivity (Wildman–Crippen MR) is 80.7 cm³/mol. The Kier molecular flexibility index (Phi) is 4.54. The molecule has 2 unspecified atom stereocenters. The van der Waals surface area contributed by atoms with E-state index in [2.05, 4.69) is 24.5 Å². The molecule has 1 aliphatic heterocycles. The molecule has 3 nitrogen and oxygen atoms in total. The third-order valence-corrected chi connectivity index (χ3v) is 5.18. The van der Waals surface area contributed by atoms with Crippen molar-refractivity contribution in [2.24, 2.45) is 5.41 Å². The SMILES string of the molecule is CC(NC(=O)C1NCCCC1(C)C)c1ccc(Cl)s1. The number of carbonyl (C=O) groups excluding carboxylic acids is 1. The molecule has 1 amide bonds. The zero-order valence-electron chi connectivity index (χ0n) is 11.6. The highest BCUT2D eigenvalue weighted by molar-refractivity contribution is 7.16. The first-order valence-corrected chi connectivity index (χ1v) is 7.88. The van der Waals surface area contributed by atoms with Crippen LogP contribution in [0.15, 0.2) is 12.1 Å². The predicted octanol–water partition coefficient (Wildman–Crippen LogP) is 3.36. The Labute approximate surface area is 123 Å². The van der Waals surface area contributed by atoms with Crippen LogP contribution in [-0.2, 0) is 4.79 Å². The van der Waals surface area contributed by atoms with E-state index >= 15 is 0 Å². The molecule has 106 valence electrons. The number of amides is 1. The van der Waals surface area contributed by atoms with Gasteiger partial charge in [0.15, 0.2) is 0 Å². The van der Waals surface area contributed by atoms with Crippen LogP contribution in [0.4, 0.5) is 0 Å². The molecule has 1 aliphatic rings. The third kappa shape index (κ3) is 3.50. The number of halogens is 1. The van der Waals surface area contributed by atoms with E-state index in [-0.39, 0.29) is 23.4 Å². The third-order valence-electron chi connectivity index (χ3n) is 3.77. The van der Waals surface area contributed by atoms with Crippen molar-refractivity contribution >= 4 is 28.8 Å². The zero-order valence-corrected chi connectivity index (χ0v) is 13.2. The highest BCUT2D eigenvalue weighted by Gasteiger charge is 2.37. The van der Waals surface area contributed by atoms with Gasteiger partial charge in [0, 0.05) is 4.88 Å². The molecule has 1 aromatic heterocycles. The van der Waals surface area contributed by atoms with Gasteiger partial charge in [0.2, 0.25) is 5.91 Å². The fourth-order valence-electron chi connectivity index (χ4n) is 2.59. The number of nitrogens with one attached hydrogen (secondary N) is 2. The molecule has 5 heteroatoms. The van der Waals surface area contributed by atoms with E-state index in [0.29, 0.717) is 0 Å². The summed E-state index contributed by atoms with van der Waals surface area (Å²) in [5.74, 6) is 0.0849. The fourth-order valence-corrected chi connectivity index (χ4v) is 3.65. The van der Waals surface area contributed by atoms with Crippen LogP contribution in [0.5, 0.6) is 0 Å². The maximum Gasteiger partial charge on any atom is 0.238 e. The van der Waals surface area contributed by atoms with Gasteiger partial charge in [-0.15, -0.1) is 11.3 Å². The van der Waals surface area contributed by atoms with Crippen molar-refractivity contribution in [3.8, 4) is 0 Å². The van der Waals surface area contributed by atoms with Crippen molar-refractivity contribution in [3.63, 3.8) is 0 Å². The van der Waals surface area contributed by atoms with Crippen molar-refractivity contribution in [1.29, 1.82) is 0 Å². The molecule has 2 rings (SSSR count). The summed E-state index contributed by atoms with van der Waals surface area (Å²) in [4.78, 5) is 13.5. The summed E-state index contributed by atoms with van der Waals surface area (Å²) in [6, 6.07) is 3.73. The van der Waals surface area contributed by atoms with Gasteiger partial charge in [0.25, 0.3) is 0 Å². The molecule has 0 spiro atoms. The average molecular weight is 301 g/mol. The molecule has 2 atom stereocenters. The number of hydrogen-bond donors (Lipinski definition) is 2. The lowest BCUT2D eigenvalue weighted by atomic mass is 9.77. The highest BCUT2D eigenvalue weighted by Crippen LogP contribution is 2.31. The Balaban J connectivity index is 2.00. The molecule has 0 radical (unpaired) electrons. The highest BCUT2D eigenvalue weighted by atomic mass is 35.5. The van der Waals surface area contributed by atoms with E-state index in [1.54, 1.807) is 0 Å². The van der Waals surface area contributed by atoms with E-state index in [9.17, 15) is 4.79 Å².